The van der Waals surface area contributed by atoms with E-state index in [4.69, 9.17) is 0 Å². The summed E-state index contributed by atoms with van der Waals surface area (Å²) < 4.78 is 26.8. The fourth-order valence-corrected chi connectivity index (χ4v) is 6.33. The molecule has 1 aromatic heterocycles. The maximum absolute atomic E-state index is 12.7. The molecule has 2 aromatic rings. The minimum Gasteiger partial charge on any atom is -0.325 e. The number of amides is 1. The quantitative estimate of drug-likeness (QED) is 0.685. The van der Waals surface area contributed by atoms with Crippen molar-refractivity contribution >= 4 is 33.0 Å². The van der Waals surface area contributed by atoms with Crippen LogP contribution in [0.4, 0.5) is 5.69 Å². The Morgan fingerprint density at radius 1 is 1.03 bits per heavy atom. The van der Waals surface area contributed by atoms with Crippen molar-refractivity contribution in [3.63, 3.8) is 0 Å². The molecule has 1 atom stereocenters. The number of carbonyl (C=O) groups is 1. The van der Waals surface area contributed by atoms with Gasteiger partial charge in [-0.2, -0.15) is 15.6 Å². The van der Waals surface area contributed by atoms with Crippen LogP contribution in [0.25, 0.3) is 0 Å². The van der Waals surface area contributed by atoms with E-state index in [1.54, 1.807) is 35.6 Å². The van der Waals surface area contributed by atoms with Gasteiger partial charge in [0.25, 0.3) is 0 Å². The summed E-state index contributed by atoms with van der Waals surface area (Å²) in [6.45, 7) is 7.64. The Morgan fingerprint density at radius 3 is 2.32 bits per heavy atom. The van der Waals surface area contributed by atoms with Crippen LogP contribution in [0.3, 0.4) is 0 Å². The normalized spacial score (nSPS) is 20.0. The fourth-order valence-electron chi connectivity index (χ4n) is 4.15. The summed E-state index contributed by atoms with van der Waals surface area (Å²) in [4.78, 5) is 17.6. The second-order valence-corrected chi connectivity index (χ2v) is 11.0. The van der Waals surface area contributed by atoms with Gasteiger partial charge in [-0.25, -0.2) is 8.42 Å². The third kappa shape index (κ3) is 5.35. The second-order valence-electron chi connectivity index (χ2n) is 8.24. The fraction of sp³-hybridized carbons (Fsp3) is 0.500. The molecule has 7 nitrogen and oxygen atoms in total. The predicted octanol–water partition coefficient (Wildman–Crippen LogP) is 2.68. The number of carbonyl (C=O) groups excluding carboxylic acids is 1. The summed E-state index contributed by atoms with van der Waals surface area (Å²) in [7, 11) is -3.43. The first-order valence-electron chi connectivity index (χ1n) is 10.8. The molecule has 1 amide bonds. The van der Waals surface area contributed by atoms with Gasteiger partial charge in [-0.05, 0) is 66.4 Å². The van der Waals surface area contributed by atoms with Gasteiger partial charge < -0.3 is 5.32 Å². The molecule has 4 rings (SSSR count). The van der Waals surface area contributed by atoms with E-state index in [0.717, 1.165) is 45.6 Å². The Bertz CT molecular complexity index is 963. The van der Waals surface area contributed by atoms with Crippen molar-refractivity contribution in [2.45, 2.75) is 37.2 Å². The molecular weight excluding hydrogens is 432 g/mol. The van der Waals surface area contributed by atoms with E-state index in [1.807, 2.05) is 6.92 Å². The molecule has 9 heteroatoms. The second kappa shape index (κ2) is 9.79. The van der Waals surface area contributed by atoms with Gasteiger partial charge in [0.15, 0.2) is 0 Å². The average molecular weight is 463 g/mol. The van der Waals surface area contributed by atoms with Crippen LogP contribution in [0, 0.1) is 0 Å². The third-order valence-corrected chi connectivity index (χ3v) is 8.79. The highest BCUT2D eigenvalue weighted by Gasteiger charge is 2.28. The molecule has 3 heterocycles. The Morgan fingerprint density at radius 2 is 1.71 bits per heavy atom. The number of hydrogen-bond donors (Lipinski definition) is 1. The SMILES string of the molecule is C[C@H](C(=O)Nc1ccc(S(=O)(=O)N2CCCC2)cc1)N1CCN(Cc2ccsc2)CC1. The highest BCUT2D eigenvalue weighted by atomic mass is 32.2. The van der Waals surface area contributed by atoms with Crippen molar-refractivity contribution in [3.05, 3.63) is 46.7 Å². The molecule has 31 heavy (non-hydrogen) atoms. The summed E-state index contributed by atoms with van der Waals surface area (Å²) >= 11 is 1.72. The molecule has 2 aliphatic rings. The first-order chi connectivity index (χ1) is 14.9. The van der Waals surface area contributed by atoms with Crippen molar-refractivity contribution in [2.24, 2.45) is 0 Å². The van der Waals surface area contributed by atoms with E-state index >= 15 is 0 Å². The molecule has 0 aliphatic carbocycles. The largest absolute Gasteiger partial charge is 0.325 e. The van der Waals surface area contributed by atoms with Crippen LogP contribution in [0.15, 0.2) is 46.0 Å². The summed E-state index contributed by atoms with van der Waals surface area (Å²) in [5, 5.41) is 7.22. The van der Waals surface area contributed by atoms with Gasteiger partial charge in [-0.15, -0.1) is 0 Å². The summed E-state index contributed by atoms with van der Waals surface area (Å²) in [5.74, 6) is -0.0681. The standard InChI is InChI=1S/C22H30N4O3S2/c1-18(25-13-11-24(12-14-25)16-19-8-15-30-17-19)22(27)23-20-4-6-21(7-5-20)31(28,29)26-9-2-3-10-26/h4-8,15,17-18H,2-3,9-14,16H2,1H3,(H,23,27)/t18-/m1/s1. The first-order valence-corrected chi connectivity index (χ1v) is 13.2. The number of benzene rings is 1. The molecule has 2 fully saturated rings. The van der Waals surface area contributed by atoms with Crippen LogP contribution in [0.5, 0.6) is 0 Å². The summed E-state index contributed by atoms with van der Waals surface area (Å²) in [6, 6.07) is 8.43. The van der Waals surface area contributed by atoms with Gasteiger partial charge in [-0.1, -0.05) is 0 Å². The predicted molar refractivity (Wildman–Crippen MR) is 124 cm³/mol. The van der Waals surface area contributed by atoms with Gasteiger partial charge >= 0.3 is 0 Å². The number of piperazine rings is 1. The van der Waals surface area contributed by atoms with E-state index in [9.17, 15) is 13.2 Å². The molecule has 0 spiro atoms. The van der Waals surface area contributed by atoms with E-state index in [0.29, 0.717) is 18.8 Å². The molecular formula is C22H30N4O3S2. The lowest BCUT2D eigenvalue weighted by Crippen LogP contribution is -2.52. The van der Waals surface area contributed by atoms with Gasteiger partial charge in [0, 0.05) is 51.5 Å². The zero-order chi connectivity index (χ0) is 21.8. The van der Waals surface area contributed by atoms with Crippen molar-refractivity contribution in [3.8, 4) is 0 Å². The zero-order valence-corrected chi connectivity index (χ0v) is 19.5. The molecule has 2 saturated heterocycles. The van der Waals surface area contributed by atoms with E-state index in [1.165, 1.54) is 9.87 Å². The van der Waals surface area contributed by atoms with Crippen LogP contribution in [0.2, 0.25) is 0 Å². The van der Waals surface area contributed by atoms with E-state index in [-0.39, 0.29) is 16.8 Å². The maximum Gasteiger partial charge on any atom is 0.243 e. The summed E-state index contributed by atoms with van der Waals surface area (Å²) in [5.41, 5.74) is 1.97. The summed E-state index contributed by atoms with van der Waals surface area (Å²) in [6.07, 6.45) is 1.82. The maximum atomic E-state index is 12.7. The van der Waals surface area contributed by atoms with Crippen LogP contribution >= 0.6 is 11.3 Å². The number of thiophene rings is 1. The molecule has 1 aromatic carbocycles. The molecule has 168 valence electrons. The molecule has 0 saturated carbocycles. The number of nitrogens with zero attached hydrogens (tertiary/aromatic N) is 3. The number of nitrogens with one attached hydrogen (secondary N) is 1. The minimum atomic E-state index is -3.43. The van der Waals surface area contributed by atoms with Gasteiger partial charge in [-0.3, -0.25) is 14.6 Å². The van der Waals surface area contributed by atoms with Gasteiger partial charge in [0.05, 0.1) is 10.9 Å². The number of rotatable bonds is 7. The van der Waals surface area contributed by atoms with Gasteiger partial charge in [0.1, 0.15) is 0 Å². The number of hydrogen-bond acceptors (Lipinski definition) is 6. The highest BCUT2D eigenvalue weighted by Crippen LogP contribution is 2.22. The van der Waals surface area contributed by atoms with Crippen LogP contribution in [0.1, 0.15) is 25.3 Å². The Balaban J connectivity index is 1.29. The zero-order valence-electron chi connectivity index (χ0n) is 17.9. The number of anilines is 1. The molecule has 0 bridgehead atoms. The lowest BCUT2D eigenvalue weighted by Gasteiger charge is -2.37. The average Bonchev–Trinajstić information content (AvgIpc) is 3.49. The van der Waals surface area contributed by atoms with Crippen molar-refractivity contribution in [1.29, 1.82) is 0 Å². The van der Waals surface area contributed by atoms with Crippen molar-refractivity contribution < 1.29 is 13.2 Å². The molecule has 1 N–H and O–H groups in total. The topological polar surface area (TPSA) is 73.0 Å². The van der Waals surface area contributed by atoms with E-state index in [2.05, 4.69) is 31.9 Å². The van der Waals surface area contributed by atoms with Crippen LogP contribution < -0.4 is 5.32 Å². The van der Waals surface area contributed by atoms with E-state index < -0.39 is 10.0 Å². The Hall–Kier alpha value is -1.78. The molecule has 2 aliphatic heterocycles. The van der Waals surface area contributed by atoms with Crippen LogP contribution in [-0.4, -0.2) is 73.7 Å². The lowest BCUT2D eigenvalue weighted by molar-refractivity contribution is -0.121. The van der Waals surface area contributed by atoms with Crippen molar-refractivity contribution in [2.75, 3.05) is 44.6 Å². The highest BCUT2D eigenvalue weighted by molar-refractivity contribution is 7.89. The molecule has 0 unspecified atom stereocenters. The van der Waals surface area contributed by atoms with Crippen molar-refractivity contribution in [1.82, 2.24) is 14.1 Å². The first kappa shape index (κ1) is 22.4. The monoisotopic (exact) mass is 462 g/mol. The number of sulfonamides is 1. The smallest absolute Gasteiger partial charge is 0.243 e. The third-order valence-electron chi connectivity index (χ3n) is 6.14. The van der Waals surface area contributed by atoms with Crippen LogP contribution in [-0.2, 0) is 21.4 Å². The lowest BCUT2D eigenvalue weighted by atomic mass is 10.2. The Labute approximate surface area is 188 Å². The molecule has 0 radical (unpaired) electrons. The Kier molecular flexibility index (Phi) is 7.08. The van der Waals surface area contributed by atoms with Gasteiger partial charge in [0.2, 0.25) is 15.9 Å². The minimum absolute atomic E-state index is 0.0681.